The third-order valence-electron chi connectivity index (χ3n) is 1.95. The molecule has 0 saturated heterocycles. The molecule has 1 aromatic rings. The van der Waals surface area contributed by atoms with Crippen LogP contribution >= 0.6 is 0 Å². The Bertz CT molecular complexity index is 449. The number of aliphatic carboxylic acids is 1. The summed E-state index contributed by atoms with van der Waals surface area (Å²) in [7, 11) is 0. The van der Waals surface area contributed by atoms with Gasteiger partial charge in [0.05, 0.1) is 5.56 Å². The van der Waals surface area contributed by atoms with Crippen LogP contribution in [0.3, 0.4) is 0 Å². The Balaban J connectivity index is 2.88. The van der Waals surface area contributed by atoms with Gasteiger partial charge in [-0.15, -0.1) is 0 Å². The van der Waals surface area contributed by atoms with Gasteiger partial charge in [-0.1, -0.05) is 12.1 Å². The van der Waals surface area contributed by atoms with Gasteiger partial charge < -0.3 is 15.2 Å². The van der Waals surface area contributed by atoms with Crippen molar-refractivity contribution in [1.82, 2.24) is 5.32 Å². The number of carbonyl (C=O) groups excluding carboxylic acids is 1. The zero-order valence-corrected chi connectivity index (χ0v) is 10.7. The number of hydrogen-bond acceptors (Lipinski definition) is 3. The minimum absolute atomic E-state index is 0.327. The molecule has 0 unspecified atom stereocenters. The first-order valence-electron chi connectivity index (χ1n) is 5.57. The molecule has 0 spiro atoms. The van der Waals surface area contributed by atoms with Gasteiger partial charge in [-0.25, -0.2) is 0 Å². The predicted molar refractivity (Wildman–Crippen MR) is 66.8 cm³/mol. The zero-order valence-electron chi connectivity index (χ0n) is 10.7. The van der Waals surface area contributed by atoms with E-state index in [2.05, 4.69) is 5.32 Å². The molecule has 0 aliphatic heterocycles. The topological polar surface area (TPSA) is 75.6 Å². The van der Waals surface area contributed by atoms with Crippen LogP contribution in [0.25, 0.3) is 0 Å². The molecule has 0 saturated carbocycles. The number of carbonyl (C=O) groups is 2. The van der Waals surface area contributed by atoms with Gasteiger partial charge >= 0.3 is 5.97 Å². The van der Waals surface area contributed by atoms with Crippen molar-refractivity contribution in [1.29, 1.82) is 0 Å². The van der Waals surface area contributed by atoms with Crippen molar-refractivity contribution in [2.45, 2.75) is 26.4 Å². The van der Waals surface area contributed by atoms with E-state index in [1.165, 1.54) is 0 Å². The molecule has 98 valence electrons. The van der Waals surface area contributed by atoms with Crippen LogP contribution < -0.4 is 10.1 Å². The van der Waals surface area contributed by atoms with E-state index in [0.29, 0.717) is 11.3 Å². The van der Waals surface area contributed by atoms with Gasteiger partial charge in [0.1, 0.15) is 17.9 Å². The largest absolute Gasteiger partial charge is 0.487 e. The lowest BCUT2D eigenvalue weighted by Gasteiger charge is -2.22. The van der Waals surface area contributed by atoms with Gasteiger partial charge in [-0.3, -0.25) is 9.59 Å². The lowest BCUT2D eigenvalue weighted by molar-refractivity contribution is -0.135. The van der Waals surface area contributed by atoms with Crippen molar-refractivity contribution in [3.8, 4) is 5.75 Å². The summed E-state index contributed by atoms with van der Waals surface area (Å²) in [6, 6.07) is 6.74. The molecular formula is C13H17NO4. The number of ether oxygens (including phenoxy) is 1. The summed E-state index contributed by atoms with van der Waals surface area (Å²) in [6.45, 7) is 5.21. The number of carboxylic acids is 1. The van der Waals surface area contributed by atoms with Crippen LogP contribution in [0.15, 0.2) is 24.3 Å². The average Bonchev–Trinajstić information content (AvgIpc) is 2.24. The lowest BCUT2D eigenvalue weighted by Crippen LogP contribution is -2.31. The van der Waals surface area contributed by atoms with E-state index < -0.39 is 24.0 Å². The van der Waals surface area contributed by atoms with E-state index in [4.69, 9.17) is 9.84 Å². The van der Waals surface area contributed by atoms with Crippen molar-refractivity contribution in [2.24, 2.45) is 0 Å². The Morgan fingerprint density at radius 1 is 1.28 bits per heavy atom. The lowest BCUT2D eigenvalue weighted by atomic mass is 10.1. The summed E-state index contributed by atoms with van der Waals surface area (Å²) in [5, 5.41) is 10.8. The first kappa shape index (κ1) is 14.0. The van der Waals surface area contributed by atoms with Crippen molar-refractivity contribution in [3.63, 3.8) is 0 Å². The molecule has 1 amide bonds. The van der Waals surface area contributed by atoms with Crippen molar-refractivity contribution in [2.75, 3.05) is 6.54 Å². The van der Waals surface area contributed by atoms with Gasteiger partial charge in [0.25, 0.3) is 5.91 Å². The van der Waals surface area contributed by atoms with Crippen LogP contribution in [0.1, 0.15) is 31.1 Å². The third-order valence-corrected chi connectivity index (χ3v) is 1.95. The van der Waals surface area contributed by atoms with Gasteiger partial charge in [0, 0.05) is 0 Å². The van der Waals surface area contributed by atoms with E-state index >= 15 is 0 Å². The van der Waals surface area contributed by atoms with E-state index in [1.54, 1.807) is 24.3 Å². The van der Waals surface area contributed by atoms with E-state index in [-0.39, 0.29) is 0 Å². The first-order chi connectivity index (χ1) is 8.29. The number of benzene rings is 1. The Hall–Kier alpha value is -2.04. The number of hydrogen-bond donors (Lipinski definition) is 2. The number of carboxylic acid groups (broad SMARTS) is 1. The molecule has 5 nitrogen and oxygen atoms in total. The zero-order chi connectivity index (χ0) is 13.8. The molecule has 18 heavy (non-hydrogen) atoms. The van der Waals surface area contributed by atoms with Crippen molar-refractivity contribution >= 4 is 11.9 Å². The van der Waals surface area contributed by atoms with Crippen LogP contribution in [0.2, 0.25) is 0 Å². The fourth-order valence-corrected chi connectivity index (χ4v) is 1.32. The highest BCUT2D eigenvalue weighted by Gasteiger charge is 2.18. The Labute approximate surface area is 106 Å². The van der Waals surface area contributed by atoms with Crippen LogP contribution in [0, 0.1) is 0 Å². The molecule has 0 aliphatic rings. The summed E-state index contributed by atoms with van der Waals surface area (Å²) >= 11 is 0. The maximum absolute atomic E-state index is 11.8. The molecule has 0 bridgehead atoms. The smallest absolute Gasteiger partial charge is 0.322 e. The minimum atomic E-state index is -1.09. The second-order valence-electron chi connectivity index (χ2n) is 4.79. The normalized spacial score (nSPS) is 10.8. The monoisotopic (exact) mass is 251 g/mol. The Kier molecular flexibility index (Phi) is 4.31. The van der Waals surface area contributed by atoms with Crippen molar-refractivity contribution < 1.29 is 19.4 Å². The standard InChI is InChI=1S/C13H17NO4/c1-13(2,3)18-10-7-5-4-6-9(10)12(17)14-8-11(15)16/h4-7H,8H2,1-3H3,(H,14,17)(H,15,16). The molecule has 0 aromatic heterocycles. The first-order valence-corrected chi connectivity index (χ1v) is 5.57. The Morgan fingerprint density at radius 3 is 2.44 bits per heavy atom. The van der Waals surface area contributed by atoms with Crippen LogP contribution in [-0.2, 0) is 4.79 Å². The van der Waals surface area contributed by atoms with Crippen molar-refractivity contribution in [3.05, 3.63) is 29.8 Å². The maximum atomic E-state index is 11.8. The average molecular weight is 251 g/mol. The summed E-state index contributed by atoms with van der Waals surface area (Å²) in [4.78, 5) is 22.2. The quantitative estimate of drug-likeness (QED) is 0.853. The van der Waals surface area contributed by atoms with Crippen LogP contribution in [0.5, 0.6) is 5.75 Å². The molecule has 0 atom stereocenters. The summed E-state index contributed by atoms with van der Waals surface area (Å²) in [5.74, 6) is -1.11. The summed E-state index contributed by atoms with van der Waals surface area (Å²) in [5.41, 5.74) is -0.0999. The maximum Gasteiger partial charge on any atom is 0.322 e. The second kappa shape index (κ2) is 5.53. The molecule has 0 radical (unpaired) electrons. The third kappa shape index (κ3) is 4.45. The fourth-order valence-electron chi connectivity index (χ4n) is 1.32. The molecule has 2 N–H and O–H groups in total. The number of rotatable bonds is 4. The highest BCUT2D eigenvalue weighted by atomic mass is 16.5. The molecule has 1 rings (SSSR count). The highest BCUT2D eigenvalue weighted by molar-refractivity contribution is 5.98. The van der Waals surface area contributed by atoms with Crippen LogP contribution in [0.4, 0.5) is 0 Å². The van der Waals surface area contributed by atoms with E-state index in [9.17, 15) is 9.59 Å². The molecule has 1 aromatic carbocycles. The van der Waals surface area contributed by atoms with Gasteiger partial charge in [-0.2, -0.15) is 0 Å². The fraction of sp³-hybridized carbons (Fsp3) is 0.385. The molecular weight excluding hydrogens is 234 g/mol. The molecule has 0 heterocycles. The molecule has 0 aliphatic carbocycles. The number of para-hydroxylation sites is 1. The summed E-state index contributed by atoms with van der Waals surface area (Å²) in [6.07, 6.45) is 0. The van der Waals surface area contributed by atoms with Gasteiger partial charge in [-0.05, 0) is 32.9 Å². The van der Waals surface area contributed by atoms with E-state index in [1.807, 2.05) is 20.8 Å². The number of nitrogens with one attached hydrogen (secondary N) is 1. The molecule has 0 fully saturated rings. The summed E-state index contributed by atoms with van der Waals surface area (Å²) < 4.78 is 5.65. The SMILES string of the molecule is CC(C)(C)Oc1ccccc1C(=O)NCC(=O)O. The number of amides is 1. The molecule has 5 heteroatoms. The van der Waals surface area contributed by atoms with Gasteiger partial charge in [0.15, 0.2) is 0 Å². The highest BCUT2D eigenvalue weighted by Crippen LogP contribution is 2.22. The van der Waals surface area contributed by atoms with Crippen LogP contribution in [-0.4, -0.2) is 29.1 Å². The Morgan fingerprint density at radius 2 is 1.89 bits per heavy atom. The minimum Gasteiger partial charge on any atom is -0.487 e. The van der Waals surface area contributed by atoms with E-state index in [0.717, 1.165) is 0 Å². The second-order valence-corrected chi connectivity index (χ2v) is 4.79. The van der Waals surface area contributed by atoms with Gasteiger partial charge in [0.2, 0.25) is 0 Å². The predicted octanol–water partition coefficient (Wildman–Crippen LogP) is 1.68.